The molecular weight excluding hydrogens is 244 g/mol. The number of piperidine rings is 1. The third kappa shape index (κ3) is 2.41. The second-order valence-electron chi connectivity index (χ2n) is 5.95. The van der Waals surface area contributed by atoms with Crippen LogP contribution in [-0.2, 0) is 4.79 Å². The van der Waals surface area contributed by atoms with Gasteiger partial charge in [0.15, 0.2) is 0 Å². The van der Waals surface area contributed by atoms with E-state index in [1.165, 1.54) is 0 Å². The molecule has 19 heavy (non-hydrogen) atoms. The lowest BCUT2D eigenvalue weighted by atomic mass is 9.93. The molecule has 3 amide bonds. The van der Waals surface area contributed by atoms with E-state index >= 15 is 0 Å². The van der Waals surface area contributed by atoms with E-state index in [9.17, 15) is 9.59 Å². The van der Waals surface area contributed by atoms with Crippen LogP contribution >= 0.6 is 0 Å². The number of hydrogen-bond acceptors (Lipinski definition) is 3. The third-order valence-electron chi connectivity index (χ3n) is 4.51. The van der Waals surface area contributed by atoms with E-state index in [4.69, 9.17) is 0 Å². The average molecular weight is 266 g/mol. The van der Waals surface area contributed by atoms with Crippen LogP contribution in [-0.4, -0.2) is 66.5 Å². The fraction of sp³-hybridized carbons (Fsp3) is 0.846. The van der Waals surface area contributed by atoms with Crippen molar-refractivity contribution in [3.63, 3.8) is 0 Å². The number of fused-ring (bicyclic) bond motifs is 1. The van der Waals surface area contributed by atoms with Crippen molar-refractivity contribution in [2.24, 2.45) is 5.92 Å². The van der Waals surface area contributed by atoms with Gasteiger partial charge in [-0.2, -0.15) is 0 Å². The molecule has 0 bridgehead atoms. The highest BCUT2D eigenvalue weighted by atomic mass is 16.2. The molecule has 3 rings (SSSR count). The summed E-state index contributed by atoms with van der Waals surface area (Å²) < 4.78 is 0. The maximum absolute atomic E-state index is 12.5. The van der Waals surface area contributed by atoms with Crippen LogP contribution < -0.4 is 10.6 Å². The highest BCUT2D eigenvalue weighted by Gasteiger charge is 2.38. The van der Waals surface area contributed by atoms with Gasteiger partial charge in [0.1, 0.15) is 0 Å². The largest absolute Gasteiger partial charge is 0.337 e. The molecular formula is C13H22N4O2. The van der Waals surface area contributed by atoms with Crippen molar-refractivity contribution in [3.05, 3.63) is 0 Å². The summed E-state index contributed by atoms with van der Waals surface area (Å²) in [7, 11) is 0. The minimum absolute atomic E-state index is 0.0153. The van der Waals surface area contributed by atoms with E-state index < -0.39 is 0 Å². The molecule has 0 saturated carbocycles. The van der Waals surface area contributed by atoms with Gasteiger partial charge in [0.25, 0.3) is 0 Å². The zero-order valence-corrected chi connectivity index (χ0v) is 11.4. The second kappa shape index (κ2) is 5.00. The predicted molar refractivity (Wildman–Crippen MR) is 70.7 cm³/mol. The molecule has 3 aliphatic heterocycles. The van der Waals surface area contributed by atoms with Crippen molar-refractivity contribution < 1.29 is 9.59 Å². The molecule has 0 spiro atoms. The summed E-state index contributed by atoms with van der Waals surface area (Å²) in [5, 5.41) is 6.17. The molecule has 3 fully saturated rings. The number of urea groups is 1. The molecule has 3 atom stereocenters. The minimum Gasteiger partial charge on any atom is -0.337 e. The first-order chi connectivity index (χ1) is 9.15. The monoisotopic (exact) mass is 266 g/mol. The van der Waals surface area contributed by atoms with Gasteiger partial charge in [0.2, 0.25) is 5.91 Å². The van der Waals surface area contributed by atoms with Gasteiger partial charge in [0.05, 0.1) is 12.1 Å². The van der Waals surface area contributed by atoms with Crippen LogP contribution in [0.5, 0.6) is 0 Å². The molecule has 0 aromatic carbocycles. The maximum atomic E-state index is 12.5. The molecule has 3 unspecified atom stereocenters. The highest BCUT2D eigenvalue weighted by Crippen LogP contribution is 2.19. The first-order valence-corrected chi connectivity index (χ1v) is 7.22. The van der Waals surface area contributed by atoms with Gasteiger partial charge in [-0.05, 0) is 25.3 Å². The zero-order valence-electron chi connectivity index (χ0n) is 11.4. The van der Waals surface area contributed by atoms with E-state index in [0.717, 1.165) is 19.4 Å². The molecule has 6 nitrogen and oxygen atoms in total. The molecule has 2 N–H and O–H groups in total. The van der Waals surface area contributed by atoms with Crippen LogP contribution in [0.25, 0.3) is 0 Å². The molecule has 3 aliphatic rings. The summed E-state index contributed by atoms with van der Waals surface area (Å²) in [5.41, 5.74) is 0. The molecule has 0 aliphatic carbocycles. The van der Waals surface area contributed by atoms with Crippen LogP contribution in [0.15, 0.2) is 0 Å². The second-order valence-corrected chi connectivity index (χ2v) is 5.95. The Bertz CT molecular complexity index is 387. The van der Waals surface area contributed by atoms with Crippen LogP contribution in [0.4, 0.5) is 4.79 Å². The quantitative estimate of drug-likeness (QED) is 0.679. The average Bonchev–Trinajstić information content (AvgIpc) is 2.79. The van der Waals surface area contributed by atoms with Crippen LogP contribution in [0.2, 0.25) is 0 Å². The zero-order chi connectivity index (χ0) is 13.4. The SMILES string of the molecule is CC1CCNC(C(=O)N2CCN3C(=O)NCC3C2)C1. The van der Waals surface area contributed by atoms with Gasteiger partial charge in [-0.1, -0.05) is 6.92 Å². The lowest BCUT2D eigenvalue weighted by Crippen LogP contribution is -2.58. The number of piperazine rings is 1. The summed E-state index contributed by atoms with van der Waals surface area (Å²) in [4.78, 5) is 27.8. The number of amides is 3. The fourth-order valence-electron chi connectivity index (χ4n) is 3.32. The number of carbonyl (C=O) groups excluding carboxylic acids is 2. The summed E-state index contributed by atoms with van der Waals surface area (Å²) in [6.45, 7) is 5.79. The van der Waals surface area contributed by atoms with E-state index in [-0.39, 0.29) is 24.0 Å². The van der Waals surface area contributed by atoms with Gasteiger partial charge >= 0.3 is 6.03 Å². The van der Waals surface area contributed by atoms with Crippen molar-refractivity contribution in [2.45, 2.75) is 31.8 Å². The van der Waals surface area contributed by atoms with Gasteiger partial charge < -0.3 is 20.4 Å². The highest BCUT2D eigenvalue weighted by molar-refractivity contribution is 5.83. The normalized spacial score (nSPS) is 35.0. The lowest BCUT2D eigenvalue weighted by molar-refractivity contribution is -0.136. The molecule has 0 aromatic rings. The molecule has 3 saturated heterocycles. The van der Waals surface area contributed by atoms with Gasteiger partial charge in [-0.25, -0.2) is 4.79 Å². The number of carbonyl (C=O) groups is 2. The Morgan fingerprint density at radius 1 is 1.37 bits per heavy atom. The fourth-order valence-corrected chi connectivity index (χ4v) is 3.32. The minimum atomic E-state index is -0.0274. The van der Waals surface area contributed by atoms with Crippen LogP contribution in [0, 0.1) is 5.92 Å². The lowest BCUT2D eigenvalue weighted by Gasteiger charge is -2.39. The van der Waals surface area contributed by atoms with E-state index in [2.05, 4.69) is 17.6 Å². The van der Waals surface area contributed by atoms with Crippen molar-refractivity contribution in [3.8, 4) is 0 Å². The Hall–Kier alpha value is -1.30. The Morgan fingerprint density at radius 3 is 3.00 bits per heavy atom. The van der Waals surface area contributed by atoms with Crippen molar-refractivity contribution in [1.29, 1.82) is 0 Å². The summed E-state index contributed by atoms with van der Waals surface area (Å²) in [6.07, 6.45) is 2.08. The van der Waals surface area contributed by atoms with Crippen molar-refractivity contribution >= 4 is 11.9 Å². The first-order valence-electron chi connectivity index (χ1n) is 7.22. The van der Waals surface area contributed by atoms with Crippen molar-refractivity contribution in [1.82, 2.24) is 20.4 Å². The summed E-state index contributed by atoms with van der Waals surface area (Å²) in [5.74, 6) is 0.830. The van der Waals surface area contributed by atoms with Crippen molar-refractivity contribution in [2.75, 3.05) is 32.7 Å². The Balaban J connectivity index is 1.60. The van der Waals surface area contributed by atoms with E-state index in [0.29, 0.717) is 32.1 Å². The number of rotatable bonds is 1. The van der Waals surface area contributed by atoms with Crippen LogP contribution in [0.3, 0.4) is 0 Å². The number of nitrogens with zero attached hydrogens (tertiary/aromatic N) is 2. The molecule has 3 heterocycles. The number of nitrogens with one attached hydrogen (secondary N) is 2. The molecule has 0 radical (unpaired) electrons. The Labute approximate surface area is 113 Å². The number of hydrogen-bond donors (Lipinski definition) is 2. The van der Waals surface area contributed by atoms with Gasteiger partial charge in [0, 0.05) is 26.2 Å². The molecule has 106 valence electrons. The molecule has 0 aromatic heterocycles. The standard InChI is InChI=1S/C13H22N4O2/c1-9-2-3-14-11(6-9)12(18)16-4-5-17-10(8-16)7-15-13(17)19/h9-11,14H,2-8H2,1H3,(H,15,19). The predicted octanol–water partition coefficient (Wildman–Crippen LogP) is -0.389. The first kappa shape index (κ1) is 12.7. The summed E-state index contributed by atoms with van der Waals surface area (Å²) >= 11 is 0. The Morgan fingerprint density at radius 2 is 2.21 bits per heavy atom. The smallest absolute Gasteiger partial charge is 0.317 e. The molecule has 6 heteroatoms. The van der Waals surface area contributed by atoms with Crippen LogP contribution in [0.1, 0.15) is 19.8 Å². The maximum Gasteiger partial charge on any atom is 0.317 e. The topological polar surface area (TPSA) is 64.7 Å². The van der Waals surface area contributed by atoms with Gasteiger partial charge in [-0.15, -0.1) is 0 Å². The summed E-state index contributed by atoms with van der Waals surface area (Å²) in [6, 6.07) is 0.146. The van der Waals surface area contributed by atoms with E-state index in [1.807, 2.05) is 9.80 Å². The van der Waals surface area contributed by atoms with Gasteiger partial charge in [-0.3, -0.25) is 4.79 Å². The van der Waals surface area contributed by atoms with E-state index in [1.54, 1.807) is 0 Å². The Kier molecular flexibility index (Phi) is 3.35. The third-order valence-corrected chi connectivity index (χ3v) is 4.51.